The number of fused-ring (bicyclic) bond motifs is 1. The summed E-state index contributed by atoms with van der Waals surface area (Å²) in [6, 6.07) is 5.40. The van der Waals surface area contributed by atoms with Crippen LogP contribution in [0.5, 0.6) is 0 Å². The number of benzene rings is 1. The highest BCUT2D eigenvalue weighted by Crippen LogP contribution is 2.14. The zero-order chi connectivity index (χ0) is 13.6. The van der Waals surface area contributed by atoms with Crippen LogP contribution in [-0.4, -0.2) is 40.4 Å². The lowest BCUT2D eigenvalue weighted by Gasteiger charge is -2.14. The largest absolute Gasteiger partial charge is 0.358 e. The minimum Gasteiger partial charge on any atom is -0.358 e. The Labute approximate surface area is 109 Å². The van der Waals surface area contributed by atoms with Gasteiger partial charge in [0, 0.05) is 26.2 Å². The Kier molecular flexibility index (Phi) is 2.51. The Morgan fingerprint density at radius 3 is 2.74 bits per heavy atom. The van der Waals surface area contributed by atoms with Crippen molar-refractivity contribution in [3.05, 3.63) is 44.6 Å². The van der Waals surface area contributed by atoms with E-state index in [1.165, 1.54) is 7.05 Å². The molecule has 1 aromatic carbocycles. The minimum atomic E-state index is -0.406. The molecule has 1 N–H and O–H groups in total. The molecule has 6 nitrogen and oxygen atoms in total. The van der Waals surface area contributed by atoms with Crippen molar-refractivity contribution in [1.82, 2.24) is 14.5 Å². The van der Waals surface area contributed by atoms with Crippen LogP contribution in [0.2, 0.25) is 0 Å². The number of likely N-dealkylation sites (N-methyl/N-ethyl adjacent to an activating group) is 1. The average molecular weight is 258 g/mol. The van der Waals surface area contributed by atoms with Crippen LogP contribution in [0.3, 0.4) is 0 Å². The van der Waals surface area contributed by atoms with E-state index in [0.29, 0.717) is 10.9 Å². The highest BCUT2D eigenvalue weighted by atomic mass is 16.2. The second kappa shape index (κ2) is 4.08. The Morgan fingerprint density at radius 2 is 2.05 bits per heavy atom. The van der Waals surface area contributed by atoms with Crippen molar-refractivity contribution in [2.75, 3.05) is 20.1 Å². The molecular weight excluding hydrogens is 244 g/mol. The second-order valence-electron chi connectivity index (χ2n) is 4.68. The SMILES string of the molecule is CN1CCN=C1c1ccc2c(=O)n(C)c(=O)[nH]c2c1. The quantitative estimate of drug-likeness (QED) is 0.777. The molecular formula is C13H14N4O2. The summed E-state index contributed by atoms with van der Waals surface area (Å²) in [5.74, 6) is 0.892. The predicted molar refractivity (Wildman–Crippen MR) is 73.8 cm³/mol. The van der Waals surface area contributed by atoms with E-state index in [-0.39, 0.29) is 5.56 Å². The monoisotopic (exact) mass is 258 g/mol. The zero-order valence-corrected chi connectivity index (χ0v) is 10.8. The van der Waals surface area contributed by atoms with Gasteiger partial charge in [-0.3, -0.25) is 14.4 Å². The first kappa shape index (κ1) is 11.7. The van der Waals surface area contributed by atoms with E-state index >= 15 is 0 Å². The summed E-state index contributed by atoms with van der Waals surface area (Å²) in [6.45, 7) is 1.66. The lowest BCUT2D eigenvalue weighted by molar-refractivity contribution is 0.557. The topological polar surface area (TPSA) is 70.5 Å². The van der Waals surface area contributed by atoms with Crippen molar-refractivity contribution in [3.63, 3.8) is 0 Å². The molecule has 0 aliphatic carbocycles. The molecule has 3 rings (SSSR count). The summed E-state index contributed by atoms with van der Waals surface area (Å²) in [5, 5.41) is 0.507. The third kappa shape index (κ3) is 1.76. The first-order valence-corrected chi connectivity index (χ1v) is 6.07. The number of aromatic nitrogens is 2. The number of nitrogens with zero attached hydrogens (tertiary/aromatic N) is 3. The molecule has 1 aromatic heterocycles. The summed E-state index contributed by atoms with van der Waals surface area (Å²) in [5.41, 5.74) is 0.772. The van der Waals surface area contributed by atoms with Crippen molar-refractivity contribution in [1.29, 1.82) is 0 Å². The molecule has 0 spiro atoms. The van der Waals surface area contributed by atoms with Gasteiger partial charge in [0.25, 0.3) is 5.56 Å². The molecule has 2 aromatic rings. The van der Waals surface area contributed by atoms with Gasteiger partial charge in [0.1, 0.15) is 5.84 Å². The number of amidine groups is 1. The van der Waals surface area contributed by atoms with Crippen LogP contribution >= 0.6 is 0 Å². The van der Waals surface area contributed by atoms with Gasteiger partial charge in [-0.1, -0.05) is 6.07 Å². The van der Waals surface area contributed by atoms with Crippen LogP contribution in [0.4, 0.5) is 0 Å². The summed E-state index contributed by atoms with van der Waals surface area (Å²) in [7, 11) is 3.44. The summed E-state index contributed by atoms with van der Waals surface area (Å²) in [4.78, 5) is 32.8. The van der Waals surface area contributed by atoms with E-state index < -0.39 is 5.69 Å². The van der Waals surface area contributed by atoms with Crippen LogP contribution in [0.1, 0.15) is 5.56 Å². The fourth-order valence-electron chi connectivity index (χ4n) is 2.29. The number of aliphatic imine (C=N–C) groups is 1. The van der Waals surface area contributed by atoms with E-state index in [1.807, 2.05) is 13.1 Å². The van der Waals surface area contributed by atoms with Crippen molar-refractivity contribution >= 4 is 16.7 Å². The molecule has 0 unspecified atom stereocenters. The fraction of sp³-hybridized carbons (Fsp3) is 0.308. The van der Waals surface area contributed by atoms with E-state index in [1.54, 1.807) is 12.1 Å². The molecule has 0 saturated carbocycles. The van der Waals surface area contributed by atoms with E-state index in [9.17, 15) is 9.59 Å². The van der Waals surface area contributed by atoms with Crippen molar-refractivity contribution in [3.8, 4) is 0 Å². The first-order chi connectivity index (χ1) is 9.08. The van der Waals surface area contributed by atoms with Gasteiger partial charge in [0.15, 0.2) is 0 Å². The van der Waals surface area contributed by atoms with Gasteiger partial charge in [-0.05, 0) is 12.1 Å². The Balaban J connectivity index is 2.25. The fourth-order valence-corrected chi connectivity index (χ4v) is 2.29. The molecule has 0 fully saturated rings. The number of nitrogens with one attached hydrogen (secondary N) is 1. The molecule has 1 aliphatic rings. The smallest absolute Gasteiger partial charge is 0.328 e. The number of rotatable bonds is 1. The maximum absolute atomic E-state index is 11.9. The molecule has 98 valence electrons. The van der Waals surface area contributed by atoms with E-state index in [0.717, 1.165) is 29.1 Å². The summed E-state index contributed by atoms with van der Waals surface area (Å²) in [6.07, 6.45) is 0. The normalized spacial score (nSPS) is 15.1. The lowest BCUT2D eigenvalue weighted by atomic mass is 10.1. The highest BCUT2D eigenvalue weighted by molar-refractivity contribution is 6.02. The van der Waals surface area contributed by atoms with Gasteiger partial charge >= 0.3 is 5.69 Å². The summed E-state index contributed by atoms with van der Waals surface area (Å²) < 4.78 is 1.07. The third-order valence-electron chi connectivity index (χ3n) is 3.42. The Hall–Kier alpha value is -2.37. The van der Waals surface area contributed by atoms with E-state index in [4.69, 9.17) is 0 Å². The number of H-pyrrole nitrogens is 1. The predicted octanol–water partition coefficient (Wildman–Crippen LogP) is -0.0812. The van der Waals surface area contributed by atoms with Crippen molar-refractivity contribution in [2.24, 2.45) is 12.0 Å². The van der Waals surface area contributed by atoms with Gasteiger partial charge in [-0.15, -0.1) is 0 Å². The maximum atomic E-state index is 11.9. The molecule has 0 atom stereocenters. The molecule has 19 heavy (non-hydrogen) atoms. The van der Waals surface area contributed by atoms with Gasteiger partial charge in [-0.2, -0.15) is 0 Å². The lowest BCUT2D eigenvalue weighted by Crippen LogP contribution is -2.32. The second-order valence-corrected chi connectivity index (χ2v) is 4.68. The van der Waals surface area contributed by atoms with Crippen LogP contribution in [-0.2, 0) is 7.05 Å². The molecule has 0 amide bonds. The number of hydrogen-bond donors (Lipinski definition) is 1. The Morgan fingerprint density at radius 1 is 1.26 bits per heavy atom. The molecule has 0 radical (unpaired) electrons. The molecule has 6 heteroatoms. The van der Waals surface area contributed by atoms with Crippen molar-refractivity contribution in [2.45, 2.75) is 0 Å². The minimum absolute atomic E-state index is 0.285. The maximum Gasteiger partial charge on any atom is 0.328 e. The van der Waals surface area contributed by atoms with Crippen LogP contribution in [0.25, 0.3) is 10.9 Å². The van der Waals surface area contributed by atoms with Gasteiger partial charge in [0.2, 0.25) is 0 Å². The first-order valence-electron chi connectivity index (χ1n) is 6.07. The Bertz CT molecular complexity index is 800. The van der Waals surface area contributed by atoms with Gasteiger partial charge < -0.3 is 9.88 Å². The van der Waals surface area contributed by atoms with Gasteiger partial charge in [0.05, 0.1) is 17.4 Å². The third-order valence-corrected chi connectivity index (χ3v) is 3.42. The van der Waals surface area contributed by atoms with Crippen LogP contribution in [0.15, 0.2) is 32.8 Å². The van der Waals surface area contributed by atoms with Gasteiger partial charge in [-0.25, -0.2) is 4.79 Å². The zero-order valence-electron chi connectivity index (χ0n) is 10.8. The average Bonchev–Trinajstić information content (AvgIpc) is 2.82. The molecule has 1 aliphatic heterocycles. The number of hydrogen-bond acceptors (Lipinski definition) is 4. The highest BCUT2D eigenvalue weighted by Gasteiger charge is 2.15. The van der Waals surface area contributed by atoms with Crippen LogP contribution in [0, 0.1) is 0 Å². The standard InChI is InChI=1S/C13H14N4O2/c1-16-6-5-14-11(16)8-3-4-9-10(7-8)15-13(19)17(2)12(9)18/h3-4,7H,5-6H2,1-2H3,(H,15,19). The van der Waals surface area contributed by atoms with E-state index in [2.05, 4.69) is 14.9 Å². The molecule has 2 heterocycles. The summed E-state index contributed by atoms with van der Waals surface area (Å²) >= 11 is 0. The molecule has 0 bridgehead atoms. The number of aromatic amines is 1. The molecule has 0 saturated heterocycles. The van der Waals surface area contributed by atoms with Crippen molar-refractivity contribution < 1.29 is 0 Å². The van der Waals surface area contributed by atoms with Crippen LogP contribution < -0.4 is 11.2 Å².